The number of carbonyl (C=O) groups excluding carboxylic acids is 4. The fourth-order valence-corrected chi connectivity index (χ4v) is 5.06. The molecule has 0 saturated heterocycles. The zero-order valence-corrected chi connectivity index (χ0v) is 23.2. The molecule has 3 N–H and O–H groups in total. The van der Waals surface area contributed by atoms with Gasteiger partial charge in [0.2, 0.25) is 17.6 Å². The minimum absolute atomic E-state index is 0.0560. The number of methoxy groups -OCH3 is 1. The molecule has 2 aromatic heterocycles. The van der Waals surface area contributed by atoms with Crippen LogP contribution >= 0.6 is 0 Å². The lowest BCUT2D eigenvalue weighted by Gasteiger charge is -2.31. The Balaban J connectivity index is 1.66. The standard InChI is InChI=1S/C29H35N5O6/c1-17(35)31-22(29(38)39-4)16-18-8-13-23-21(15-18)25(26(40-23)28(37)32-24-7-5-6-14-30-24)33-27(36)19-9-11-20(12-10-19)34(2)3/h5-8,13-15,19-20,22H,9-12,16H2,1-4H3,(H,31,35)(H,33,36)(H,30,32,37). The Morgan fingerprint density at radius 1 is 1.07 bits per heavy atom. The van der Waals surface area contributed by atoms with E-state index in [4.69, 9.17) is 9.15 Å². The van der Waals surface area contributed by atoms with Gasteiger partial charge in [0.05, 0.1) is 7.11 Å². The van der Waals surface area contributed by atoms with Gasteiger partial charge in [-0.15, -0.1) is 0 Å². The van der Waals surface area contributed by atoms with E-state index in [1.54, 1.807) is 42.6 Å². The molecule has 4 rings (SSSR count). The van der Waals surface area contributed by atoms with Crippen molar-refractivity contribution in [3.63, 3.8) is 0 Å². The van der Waals surface area contributed by atoms with Crippen LogP contribution in [0.15, 0.2) is 47.0 Å². The number of hydrogen-bond acceptors (Lipinski definition) is 8. The van der Waals surface area contributed by atoms with Gasteiger partial charge in [0, 0.05) is 36.9 Å². The molecule has 40 heavy (non-hydrogen) atoms. The predicted molar refractivity (Wildman–Crippen MR) is 150 cm³/mol. The first-order valence-electron chi connectivity index (χ1n) is 13.3. The predicted octanol–water partition coefficient (Wildman–Crippen LogP) is 3.36. The van der Waals surface area contributed by atoms with Crippen molar-refractivity contribution in [2.45, 2.75) is 51.1 Å². The average Bonchev–Trinajstić information content (AvgIpc) is 3.30. The van der Waals surface area contributed by atoms with E-state index >= 15 is 0 Å². The molecular formula is C29H35N5O6. The van der Waals surface area contributed by atoms with Gasteiger partial charge in [-0.2, -0.15) is 0 Å². The van der Waals surface area contributed by atoms with Crippen LogP contribution in [-0.2, 0) is 25.5 Å². The number of amides is 3. The summed E-state index contributed by atoms with van der Waals surface area (Å²) in [5, 5.41) is 8.79. The minimum Gasteiger partial charge on any atom is -0.467 e. The summed E-state index contributed by atoms with van der Waals surface area (Å²) in [5.41, 5.74) is 1.31. The highest BCUT2D eigenvalue weighted by Crippen LogP contribution is 2.35. The molecule has 3 amide bonds. The van der Waals surface area contributed by atoms with Gasteiger partial charge in [-0.3, -0.25) is 14.4 Å². The number of rotatable bonds is 9. The Bertz CT molecular complexity index is 1380. The number of hydrogen-bond donors (Lipinski definition) is 3. The fraction of sp³-hybridized carbons (Fsp3) is 0.414. The third kappa shape index (κ3) is 6.84. The lowest BCUT2D eigenvalue weighted by molar-refractivity contribution is -0.144. The van der Waals surface area contributed by atoms with Crippen molar-refractivity contribution in [2.75, 3.05) is 31.8 Å². The molecule has 0 radical (unpaired) electrons. The molecule has 1 saturated carbocycles. The summed E-state index contributed by atoms with van der Waals surface area (Å²) in [5.74, 6) is -1.61. The van der Waals surface area contributed by atoms with Crippen molar-refractivity contribution in [1.82, 2.24) is 15.2 Å². The summed E-state index contributed by atoms with van der Waals surface area (Å²) in [7, 11) is 5.34. The zero-order chi connectivity index (χ0) is 28.8. The second-order valence-electron chi connectivity index (χ2n) is 10.2. The first-order valence-corrected chi connectivity index (χ1v) is 13.3. The third-order valence-electron chi connectivity index (χ3n) is 7.21. The van der Waals surface area contributed by atoms with E-state index in [0.29, 0.717) is 28.4 Å². The Morgan fingerprint density at radius 2 is 1.82 bits per heavy atom. The summed E-state index contributed by atoms with van der Waals surface area (Å²) in [6, 6.07) is 9.81. The Labute approximate surface area is 232 Å². The fourth-order valence-electron chi connectivity index (χ4n) is 5.06. The molecule has 212 valence electrons. The number of furan rings is 1. The summed E-state index contributed by atoms with van der Waals surface area (Å²) >= 11 is 0. The normalized spacial score (nSPS) is 17.7. The van der Waals surface area contributed by atoms with Crippen LogP contribution in [0.2, 0.25) is 0 Å². The molecule has 0 spiro atoms. The first kappa shape index (κ1) is 28.8. The quantitative estimate of drug-likeness (QED) is 0.345. The maximum Gasteiger partial charge on any atom is 0.328 e. The highest BCUT2D eigenvalue weighted by atomic mass is 16.5. The Kier molecular flexibility index (Phi) is 9.15. The number of nitrogens with zero attached hydrogens (tertiary/aromatic N) is 2. The number of carbonyl (C=O) groups is 4. The molecule has 1 aliphatic carbocycles. The molecule has 11 heteroatoms. The summed E-state index contributed by atoms with van der Waals surface area (Å²) in [4.78, 5) is 56.9. The van der Waals surface area contributed by atoms with Gasteiger partial charge < -0.3 is 30.0 Å². The number of aromatic nitrogens is 1. The van der Waals surface area contributed by atoms with Crippen LogP contribution in [0.25, 0.3) is 11.0 Å². The van der Waals surface area contributed by atoms with E-state index in [9.17, 15) is 19.2 Å². The summed E-state index contributed by atoms with van der Waals surface area (Å²) in [6.07, 6.45) is 5.00. The second-order valence-corrected chi connectivity index (χ2v) is 10.2. The molecule has 0 bridgehead atoms. The number of esters is 1. The zero-order valence-electron chi connectivity index (χ0n) is 23.2. The van der Waals surface area contributed by atoms with Crippen molar-refractivity contribution >= 4 is 46.2 Å². The van der Waals surface area contributed by atoms with Gasteiger partial charge in [0.1, 0.15) is 23.1 Å². The third-order valence-corrected chi connectivity index (χ3v) is 7.21. The van der Waals surface area contributed by atoms with Crippen LogP contribution in [0.1, 0.15) is 48.7 Å². The molecule has 1 atom stereocenters. The number of benzene rings is 1. The minimum atomic E-state index is -0.899. The van der Waals surface area contributed by atoms with Crippen molar-refractivity contribution in [3.8, 4) is 0 Å². The summed E-state index contributed by atoms with van der Waals surface area (Å²) in [6.45, 7) is 1.32. The van der Waals surface area contributed by atoms with Crippen molar-refractivity contribution in [3.05, 3.63) is 53.9 Å². The Hall–Kier alpha value is -4.25. The van der Waals surface area contributed by atoms with E-state index in [2.05, 4.69) is 25.8 Å². The van der Waals surface area contributed by atoms with Crippen LogP contribution < -0.4 is 16.0 Å². The van der Waals surface area contributed by atoms with Gasteiger partial charge >= 0.3 is 5.97 Å². The van der Waals surface area contributed by atoms with E-state index in [0.717, 1.165) is 25.7 Å². The van der Waals surface area contributed by atoms with Crippen LogP contribution in [0.5, 0.6) is 0 Å². The number of nitrogens with one attached hydrogen (secondary N) is 3. The SMILES string of the molecule is COC(=O)C(Cc1ccc2oc(C(=O)Nc3ccccn3)c(NC(=O)C3CCC(N(C)C)CC3)c2c1)NC(C)=O. The van der Waals surface area contributed by atoms with Crippen LogP contribution in [0.4, 0.5) is 11.5 Å². The molecule has 11 nitrogen and oxygen atoms in total. The maximum atomic E-state index is 13.4. The average molecular weight is 550 g/mol. The highest BCUT2D eigenvalue weighted by molar-refractivity contribution is 6.14. The van der Waals surface area contributed by atoms with Gasteiger partial charge in [-0.25, -0.2) is 9.78 Å². The molecule has 1 fully saturated rings. The maximum absolute atomic E-state index is 13.4. The van der Waals surface area contributed by atoms with Crippen LogP contribution in [-0.4, -0.2) is 66.9 Å². The molecule has 0 aliphatic heterocycles. The van der Waals surface area contributed by atoms with Crippen molar-refractivity contribution in [2.24, 2.45) is 5.92 Å². The number of fused-ring (bicyclic) bond motifs is 1. The van der Waals surface area contributed by atoms with Crippen molar-refractivity contribution < 1.29 is 28.3 Å². The Morgan fingerprint density at radius 3 is 2.45 bits per heavy atom. The molecule has 1 unspecified atom stereocenters. The topological polar surface area (TPSA) is 143 Å². The first-order chi connectivity index (χ1) is 19.2. The van der Waals surface area contributed by atoms with Gasteiger partial charge in [0.15, 0.2) is 0 Å². The number of pyridine rings is 1. The van der Waals surface area contributed by atoms with E-state index in [-0.39, 0.29) is 35.6 Å². The van der Waals surface area contributed by atoms with E-state index in [1.807, 2.05) is 14.1 Å². The monoisotopic (exact) mass is 549 g/mol. The van der Waals surface area contributed by atoms with E-state index < -0.39 is 17.9 Å². The molecular weight excluding hydrogens is 514 g/mol. The molecule has 1 aliphatic rings. The summed E-state index contributed by atoms with van der Waals surface area (Å²) < 4.78 is 10.8. The lowest BCUT2D eigenvalue weighted by atomic mass is 9.85. The van der Waals surface area contributed by atoms with Gasteiger partial charge in [-0.1, -0.05) is 12.1 Å². The van der Waals surface area contributed by atoms with Crippen LogP contribution in [0.3, 0.4) is 0 Å². The smallest absolute Gasteiger partial charge is 0.328 e. The number of ether oxygens (including phenoxy) is 1. The van der Waals surface area contributed by atoms with E-state index in [1.165, 1.54) is 14.0 Å². The largest absolute Gasteiger partial charge is 0.467 e. The van der Waals surface area contributed by atoms with Crippen molar-refractivity contribution in [1.29, 1.82) is 0 Å². The highest BCUT2D eigenvalue weighted by Gasteiger charge is 2.30. The number of anilines is 2. The van der Waals surface area contributed by atoms with Crippen LogP contribution in [0, 0.1) is 5.92 Å². The van der Waals surface area contributed by atoms with Gasteiger partial charge in [-0.05, 0) is 69.6 Å². The second kappa shape index (κ2) is 12.7. The van der Waals surface area contributed by atoms with Gasteiger partial charge in [0.25, 0.3) is 5.91 Å². The molecule has 1 aromatic carbocycles. The molecule has 2 heterocycles. The molecule has 3 aromatic rings. The lowest BCUT2D eigenvalue weighted by Crippen LogP contribution is -2.41.